The van der Waals surface area contributed by atoms with Crippen LogP contribution >= 0.6 is 0 Å². The molecule has 5 nitrogen and oxygen atoms in total. The maximum absolute atomic E-state index is 5.06. The van der Waals surface area contributed by atoms with Crippen LogP contribution in [0.15, 0.2) is 10.6 Å². The van der Waals surface area contributed by atoms with Crippen molar-refractivity contribution in [2.24, 2.45) is 0 Å². The molecule has 1 N–H and O–H groups in total. The van der Waals surface area contributed by atoms with Gasteiger partial charge in [-0.3, -0.25) is 0 Å². The normalized spacial score (nSPS) is 11.2. The van der Waals surface area contributed by atoms with Crippen LogP contribution in [0.1, 0.15) is 11.5 Å². The van der Waals surface area contributed by atoms with Crippen molar-refractivity contribution in [1.29, 1.82) is 0 Å². The van der Waals surface area contributed by atoms with Gasteiger partial charge in [0.2, 0.25) is 0 Å². The summed E-state index contributed by atoms with van der Waals surface area (Å²) >= 11 is 0. The van der Waals surface area contributed by atoms with Crippen LogP contribution < -0.4 is 5.32 Å². The molecule has 0 aromatic carbocycles. The van der Waals surface area contributed by atoms with E-state index in [0.717, 1.165) is 31.1 Å². The fourth-order valence-corrected chi connectivity index (χ4v) is 1.17. The number of likely N-dealkylation sites (N-methyl/N-ethyl adjacent to an activating group) is 1. The molecule has 0 aliphatic carbocycles. The van der Waals surface area contributed by atoms with Gasteiger partial charge in [0.1, 0.15) is 6.61 Å². The van der Waals surface area contributed by atoms with Crippen molar-refractivity contribution in [3.05, 3.63) is 17.5 Å². The van der Waals surface area contributed by atoms with E-state index < -0.39 is 0 Å². The maximum atomic E-state index is 5.06. The van der Waals surface area contributed by atoms with Gasteiger partial charge in [-0.05, 0) is 14.1 Å². The first-order chi connectivity index (χ1) is 7.22. The lowest BCUT2D eigenvalue weighted by molar-refractivity contribution is 0.155. The van der Waals surface area contributed by atoms with E-state index in [0.29, 0.717) is 6.61 Å². The number of nitrogens with one attached hydrogen (secondary N) is 1. The Bertz CT molecular complexity index is 273. The van der Waals surface area contributed by atoms with E-state index in [9.17, 15) is 0 Å². The van der Waals surface area contributed by atoms with Crippen LogP contribution in [0, 0.1) is 0 Å². The molecule has 1 aromatic heterocycles. The molecule has 0 saturated heterocycles. The molecule has 0 saturated carbocycles. The minimum absolute atomic E-state index is 0.477. The maximum Gasteiger partial charge on any atom is 0.162 e. The van der Waals surface area contributed by atoms with Crippen molar-refractivity contribution < 1.29 is 9.26 Å². The first kappa shape index (κ1) is 12.2. The molecule has 15 heavy (non-hydrogen) atoms. The number of aromatic nitrogens is 1. The van der Waals surface area contributed by atoms with E-state index in [1.54, 1.807) is 7.11 Å². The Morgan fingerprint density at radius 3 is 3.00 bits per heavy atom. The topological polar surface area (TPSA) is 50.5 Å². The van der Waals surface area contributed by atoms with E-state index >= 15 is 0 Å². The van der Waals surface area contributed by atoms with Gasteiger partial charge in [0.25, 0.3) is 0 Å². The molecular formula is C10H19N3O2. The van der Waals surface area contributed by atoms with Crippen LogP contribution in [0.2, 0.25) is 0 Å². The summed E-state index contributed by atoms with van der Waals surface area (Å²) in [6.45, 7) is 3.17. The lowest BCUT2D eigenvalue weighted by atomic mass is 10.3. The molecule has 0 bridgehead atoms. The van der Waals surface area contributed by atoms with E-state index in [2.05, 4.69) is 29.5 Å². The molecule has 86 valence electrons. The lowest BCUT2D eigenvalue weighted by Gasteiger charge is -2.08. The highest BCUT2D eigenvalue weighted by Gasteiger charge is 2.02. The van der Waals surface area contributed by atoms with Gasteiger partial charge in [-0.1, -0.05) is 5.16 Å². The summed E-state index contributed by atoms with van der Waals surface area (Å²) in [5.74, 6) is 0.766. The van der Waals surface area contributed by atoms with Gasteiger partial charge in [0, 0.05) is 32.8 Å². The van der Waals surface area contributed by atoms with Gasteiger partial charge in [0.15, 0.2) is 5.76 Å². The second-order valence-electron chi connectivity index (χ2n) is 3.70. The molecule has 0 amide bonds. The van der Waals surface area contributed by atoms with Gasteiger partial charge in [-0.15, -0.1) is 0 Å². The Morgan fingerprint density at radius 2 is 2.33 bits per heavy atom. The average molecular weight is 213 g/mol. The molecule has 5 heteroatoms. The predicted octanol–water partition coefficient (Wildman–Crippen LogP) is 0.472. The summed E-state index contributed by atoms with van der Waals surface area (Å²) in [5, 5.41) is 7.20. The second kappa shape index (κ2) is 6.55. The monoisotopic (exact) mass is 213 g/mol. The molecule has 0 radical (unpaired) electrons. The van der Waals surface area contributed by atoms with Crippen LogP contribution in [0.5, 0.6) is 0 Å². The largest absolute Gasteiger partial charge is 0.377 e. The summed E-state index contributed by atoms with van der Waals surface area (Å²) in [5.41, 5.74) is 0.917. The highest BCUT2D eigenvalue weighted by molar-refractivity contribution is 5.04. The third kappa shape index (κ3) is 4.92. The van der Waals surface area contributed by atoms with Gasteiger partial charge >= 0.3 is 0 Å². The fraction of sp³-hybridized carbons (Fsp3) is 0.700. The minimum atomic E-state index is 0.477. The number of rotatable bonds is 7. The molecule has 0 aliphatic heterocycles. The number of hydrogen-bond donors (Lipinski definition) is 1. The summed E-state index contributed by atoms with van der Waals surface area (Å²) in [6, 6.07) is 1.91. The predicted molar refractivity (Wildman–Crippen MR) is 57.5 cm³/mol. The molecule has 1 aromatic rings. The summed E-state index contributed by atoms with van der Waals surface area (Å²) < 4.78 is 10.00. The zero-order chi connectivity index (χ0) is 11.1. The number of ether oxygens (including phenoxy) is 1. The minimum Gasteiger partial charge on any atom is -0.377 e. The Balaban J connectivity index is 2.19. The van der Waals surface area contributed by atoms with Gasteiger partial charge < -0.3 is 19.5 Å². The smallest absolute Gasteiger partial charge is 0.162 e. The second-order valence-corrected chi connectivity index (χ2v) is 3.70. The van der Waals surface area contributed by atoms with Crippen LogP contribution in [-0.4, -0.2) is 44.4 Å². The fourth-order valence-electron chi connectivity index (χ4n) is 1.17. The standard InChI is InChI=1S/C10H19N3O2/c1-13(2)5-4-11-7-9-6-10(8-14-3)15-12-9/h6,11H,4-5,7-8H2,1-3H3. The molecule has 0 atom stereocenters. The van der Waals surface area contributed by atoms with Crippen molar-refractivity contribution in [1.82, 2.24) is 15.4 Å². The average Bonchev–Trinajstić information content (AvgIpc) is 2.61. The molecule has 1 rings (SSSR count). The summed E-state index contributed by atoms with van der Waals surface area (Å²) in [4.78, 5) is 2.13. The molecule has 0 unspecified atom stereocenters. The third-order valence-corrected chi connectivity index (χ3v) is 1.94. The zero-order valence-corrected chi connectivity index (χ0v) is 9.62. The molecule has 0 fully saturated rings. The number of methoxy groups -OCH3 is 1. The van der Waals surface area contributed by atoms with Crippen LogP contribution in [0.4, 0.5) is 0 Å². The number of hydrogen-bond acceptors (Lipinski definition) is 5. The van der Waals surface area contributed by atoms with E-state index in [-0.39, 0.29) is 0 Å². The Kier molecular flexibility index (Phi) is 5.31. The highest BCUT2D eigenvalue weighted by atomic mass is 16.5. The van der Waals surface area contributed by atoms with Crippen molar-refractivity contribution in [2.75, 3.05) is 34.3 Å². The van der Waals surface area contributed by atoms with Gasteiger partial charge in [0.05, 0.1) is 5.69 Å². The first-order valence-electron chi connectivity index (χ1n) is 5.01. The van der Waals surface area contributed by atoms with Gasteiger partial charge in [-0.2, -0.15) is 0 Å². The Morgan fingerprint density at radius 1 is 1.53 bits per heavy atom. The van der Waals surface area contributed by atoms with Crippen molar-refractivity contribution in [3.63, 3.8) is 0 Å². The van der Waals surface area contributed by atoms with Crippen molar-refractivity contribution in [3.8, 4) is 0 Å². The zero-order valence-electron chi connectivity index (χ0n) is 9.62. The van der Waals surface area contributed by atoms with Crippen LogP contribution in [0.3, 0.4) is 0 Å². The Labute approximate surface area is 90.4 Å². The van der Waals surface area contributed by atoms with Crippen LogP contribution in [-0.2, 0) is 17.9 Å². The van der Waals surface area contributed by atoms with Gasteiger partial charge in [-0.25, -0.2) is 0 Å². The Hall–Kier alpha value is -0.910. The molecule has 1 heterocycles. The molecular weight excluding hydrogens is 194 g/mol. The van der Waals surface area contributed by atoms with E-state index in [4.69, 9.17) is 9.26 Å². The third-order valence-electron chi connectivity index (χ3n) is 1.94. The number of nitrogens with zero attached hydrogens (tertiary/aromatic N) is 2. The van der Waals surface area contributed by atoms with Crippen molar-refractivity contribution in [2.45, 2.75) is 13.2 Å². The van der Waals surface area contributed by atoms with Crippen LogP contribution in [0.25, 0.3) is 0 Å². The van der Waals surface area contributed by atoms with E-state index in [1.165, 1.54) is 0 Å². The lowest BCUT2D eigenvalue weighted by Crippen LogP contribution is -2.26. The SMILES string of the molecule is COCc1cc(CNCCN(C)C)no1. The highest BCUT2D eigenvalue weighted by Crippen LogP contribution is 2.03. The molecule has 0 aliphatic rings. The quantitative estimate of drug-likeness (QED) is 0.667. The molecule has 0 spiro atoms. The summed E-state index contributed by atoms with van der Waals surface area (Å²) in [6.07, 6.45) is 0. The van der Waals surface area contributed by atoms with Crippen molar-refractivity contribution >= 4 is 0 Å². The van der Waals surface area contributed by atoms with E-state index in [1.807, 2.05) is 6.07 Å². The summed E-state index contributed by atoms with van der Waals surface area (Å²) in [7, 11) is 5.74. The first-order valence-corrected chi connectivity index (χ1v) is 5.01.